The Morgan fingerprint density at radius 1 is 1.34 bits per heavy atom. The number of alkyl halides is 5. The van der Waals surface area contributed by atoms with E-state index in [9.17, 15) is 31.0 Å². The summed E-state index contributed by atoms with van der Waals surface area (Å²) in [6, 6.07) is 2.43. The average Bonchev–Trinajstić information content (AvgIpc) is 3.40. The van der Waals surface area contributed by atoms with E-state index in [4.69, 9.17) is 4.78 Å². The van der Waals surface area contributed by atoms with E-state index in [0.717, 1.165) is 17.0 Å². The third kappa shape index (κ3) is 4.62. The third-order valence-electron chi connectivity index (χ3n) is 5.44. The van der Waals surface area contributed by atoms with E-state index < -0.39 is 63.7 Å². The fourth-order valence-corrected chi connectivity index (χ4v) is 4.43. The molecule has 0 bridgehead atoms. The second-order valence-electron chi connectivity index (χ2n) is 8.37. The van der Waals surface area contributed by atoms with Gasteiger partial charge in [-0.1, -0.05) is 0 Å². The van der Waals surface area contributed by atoms with Crippen LogP contribution in [0.3, 0.4) is 0 Å². The molecule has 7 nitrogen and oxygen atoms in total. The molecule has 13 heteroatoms. The van der Waals surface area contributed by atoms with Crippen molar-refractivity contribution >= 4 is 21.3 Å². The van der Waals surface area contributed by atoms with Crippen LogP contribution >= 0.6 is 0 Å². The van der Waals surface area contributed by atoms with Crippen LogP contribution < -0.4 is 5.32 Å². The largest absolute Gasteiger partial charge is 0.420 e. The second-order valence-corrected chi connectivity index (χ2v) is 10.5. The van der Waals surface area contributed by atoms with Crippen LogP contribution in [0.1, 0.15) is 53.3 Å². The number of nitrogens with one attached hydrogen (secondary N) is 2. The van der Waals surface area contributed by atoms with Crippen molar-refractivity contribution in [2.45, 2.75) is 55.3 Å². The van der Waals surface area contributed by atoms with E-state index in [2.05, 4.69) is 15.4 Å². The van der Waals surface area contributed by atoms with Gasteiger partial charge in [-0.05, 0) is 30.9 Å². The van der Waals surface area contributed by atoms with Gasteiger partial charge in [0.2, 0.25) is 5.92 Å². The number of rotatable bonds is 6. The Morgan fingerprint density at radius 2 is 2.00 bits per heavy atom. The monoisotopic (exact) mass is 477 g/mol. The number of anilines is 1. The predicted molar refractivity (Wildman–Crippen MR) is 104 cm³/mol. The van der Waals surface area contributed by atoms with E-state index >= 15 is 0 Å². The second kappa shape index (κ2) is 7.49. The van der Waals surface area contributed by atoms with E-state index in [1.807, 2.05) is 0 Å². The van der Waals surface area contributed by atoms with Gasteiger partial charge in [-0.25, -0.2) is 22.8 Å². The summed E-state index contributed by atoms with van der Waals surface area (Å²) in [5, 5.41) is 6.21. The SMILES string of the molecule is CS(=N)(=O)c1cc(NC(=O)c2c(C(F)(F)F)c(C3CC3)nn2CC2CC(F)(F)C2)ccn1. The Hall–Kier alpha value is -2.57. The summed E-state index contributed by atoms with van der Waals surface area (Å²) in [5.74, 6) is -5.00. The molecule has 0 aromatic carbocycles. The summed E-state index contributed by atoms with van der Waals surface area (Å²) >= 11 is 0. The number of carbonyl (C=O) groups excluding carboxylic acids is 1. The van der Waals surface area contributed by atoms with Gasteiger partial charge in [0.1, 0.15) is 16.3 Å². The van der Waals surface area contributed by atoms with E-state index in [1.54, 1.807) is 0 Å². The maximum atomic E-state index is 14.0. The van der Waals surface area contributed by atoms with Gasteiger partial charge in [0, 0.05) is 43.4 Å². The molecule has 2 aliphatic rings. The molecule has 1 unspecified atom stereocenters. The summed E-state index contributed by atoms with van der Waals surface area (Å²) < 4.78 is 88.8. The quantitative estimate of drug-likeness (QED) is 0.598. The Labute approximate surface area is 180 Å². The highest BCUT2D eigenvalue weighted by Crippen LogP contribution is 2.48. The van der Waals surface area contributed by atoms with Crippen molar-refractivity contribution < 1.29 is 31.0 Å². The zero-order chi connectivity index (χ0) is 23.5. The number of halogens is 5. The van der Waals surface area contributed by atoms with Crippen LogP contribution in [0.4, 0.5) is 27.6 Å². The van der Waals surface area contributed by atoms with Crippen LogP contribution in [-0.4, -0.2) is 37.1 Å². The average molecular weight is 477 g/mol. The van der Waals surface area contributed by atoms with E-state index in [0.29, 0.717) is 12.8 Å². The van der Waals surface area contributed by atoms with Crippen molar-refractivity contribution in [3.63, 3.8) is 0 Å². The number of hydrogen-bond donors (Lipinski definition) is 2. The zero-order valence-electron chi connectivity index (χ0n) is 16.9. The summed E-state index contributed by atoms with van der Waals surface area (Å²) in [4.78, 5) is 16.8. The summed E-state index contributed by atoms with van der Waals surface area (Å²) in [5.41, 5.74) is -2.13. The molecule has 32 heavy (non-hydrogen) atoms. The standard InChI is InChI=1S/C19H20F5N5O2S/c1-32(25,31)13-6-12(4-5-26-13)27-17(30)16-14(19(22,23)24)15(11-2-3-11)28-29(16)9-10-7-18(20,21)8-10/h4-6,10-11,25H,2-3,7-9H2,1H3,(H,26,27,30). The number of pyridine rings is 1. The molecule has 2 fully saturated rings. The predicted octanol–water partition coefficient (Wildman–Crippen LogP) is 4.51. The molecule has 0 radical (unpaired) electrons. The normalized spacial score (nSPS) is 20.4. The molecule has 4 rings (SSSR count). The third-order valence-corrected chi connectivity index (χ3v) is 6.46. The number of nitrogens with zero attached hydrogens (tertiary/aromatic N) is 3. The van der Waals surface area contributed by atoms with Gasteiger partial charge in [0.25, 0.3) is 5.91 Å². The first-order valence-electron chi connectivity index (χ1n) is 9.81. The highest BCUT2D eigenvalue weighted by molar-refractivity contribution is 7.91. The molecule has 2 saturated carbocycles. The van der Waals surface area contributed by atoms with Gasteiger partial charge in [0.15, 0.2) is 0 Å². The lowest BCUT2D eigenvalue weighted by molar-refractivity contribution is -0.138. The fraction of sp³-hybridized carbons (Fsp3) is 0.526. The Balaban J connectivity index is 1.71. The van der Waals surface area contributed by atoms with Crippen LogP contribution in [-0.2, 0) is 22.5 Å². The van der Waals surface area contributed by atoms with Gasteiger partial charge >= 0.3 is 6.18 Å². The molecular weight excluding hydrogens is 457 g/mol. The lowest BCUT2D eigenvalue weighted by Crippen LogP contribution is -2.38. The molecule has 1 atom stereocenters. The maximum Gasteiger partial charge on any atom is 0.420 e. The fourth-order valence-electron chi connectivity index (χ4n) is 3.81. The molecule has 0 spiro atoms. The Morgan fingerprint density at radius 3 is 2.53 bits per heavy atom. The molecule has 0 saturated heterocycles. The maximum absolute atomic E-state index is 14.0. The zero-order valence-corrected chi connectivity index (χ0v) is 17.7. The van der Waals surface area contributed by atoms with Gasteiger partial charge in [0.05, 0.1) is 15.4 Å². The lowest BCUT2D eigenvalue weighted by atomic mass is 9.81. The highest BCUT2D eigenvalue weighted by atomic mass is 32.2. The number of carbonyl (C=O) groups is 1. The Kier molecular flexibility index (Phi) is 5.30. The topological polar surface area (TPSA) is 101 Å². The molecule has 2 aromatic rings. The molecule has 2 N–H and O–H groups in total. The summed E-state index contributed by atoms with van der Waals surface area (Å²) in [6.45, 7) is -0.231. The number of aromatic nitrogens is 3. The van der Waals surface area contributed by atoms with Crippen molar-refractivity contribution in [1.82, 2.24) is 14.8 Å². The summed E-state index contributed by atoms with van der Waals surface area (Å²) in [7, 11) is -3.22. The highest BCUT2D eigenvalue weighted by Gasteiger charge is 2.49. The van der Waals surface area contributed by atoms with Crippen LogP contribution in [0, 0.1) is 10.7 Å². The molecule has 2 aliphatic carbocycles. The van der Waals surface area contributed by atoms with Gasteiger partial charge < -0.3 is 5.32 Å². The van der Waals surface area contributed by atoms with Gasteiger partial charge in [-0.3, -0.25) is 9.48 Å². The smallest absolute Gasteiger partial charge is 0.320 e. The van der Waals surface area contributed by atoms with E-state index in [-0.39, 0.29) is 23.0 Å². The minimum Gasteiger partial charge on any atom is -0.320 e. The molecule has 1 amide bonds. The first-order chi connectivity index (χ1) is 14.7. The van der Waals surface area contributed by atoms with Crippen molar-refractivity contribution in [3.05, 3.63) is 35.3 Å². The molecule has 174 valence electrons. The minimum atomic E-state index is -4.87. The van der Waals surface area contributed by atoms with Crippen LogP contribution in [0.2, 0.25) is 0 Å². The minimum absolute atomic E-state index is 0.00542. The molecule has 2 aromatic heterocycles. The van der Waals surface area contributed by atoms with Crippen LogP contribution in [0.15, 0.2) is 23.4 Å². The van der Waals surface area contributed by atoms with Gasteiger partial charge in [-0.2, -0.15) is 18.3 Å². The van der Waals surface area contributed by atoms with Crippen molar-refractivity contribution in [2.75, 3.05) is 11.6 Å². The van der Waals surface area contributed by atoms with Crippen molar-refractivity contribution in [3.8, 4) is 0 Å². The van der Waals surface area contributed by atoms with E-state index in [1.165, 1.54) is 12.3 Å². The molecule has 2 heterocycles. The number of hydrogen-bond acceptors (Lipinski definition) is 5. The molecule has 0 aliphatic heterocycles. The summed E-state index contributed by atoms with van der Waals surface area (Å²) in [6.07, 6.45) is -2.51. The van der Waals surface area contributed by atoms with Crippen molar-refractivity contribution in [1.29, 1.82) is 4.78 Å². The van der Waals surface area contributed by atoms with Crippen molar-refractivity contribution in [2.24, 2.45) is 5.92 Å². The Bertz CT molecular complexity index is 1160. The van der Waals surface area contributed by atoms with Crippen LogP contribution in [0.5, 0.6) is 0 Å². The van der Waals surface area contributed by atoms with Crippen LogP contribution in [0.25, 0.3) is 0 Å². The number of amides is 1. The van der Waals surface area contributed by atoms with Gasteiger partial charge in [-0.15, -0.1) is 0 Å². The lowest BCUT2D eigenvalue weighted by Gasteiger charge is -2.35. The first-order valence-corrected chi connectivity index (χ1v) is 11.8. The first kappa shape index (κ1) is 22.6. The molecular formula is C19H20F5N5O2S.